The Morgan fingerprint density at radius 2 is 2.12 bits per heavy atom. The average Bonchev–Trinajstić information content (AvgIpc) is 3.14. The number of hydrogen-bond donors (Lipinski definition) is 1. The number of rotatable bonds is 5. The number of nitriles is 1. The molecule has 0 spiro atoms. The third-order valence-corrected chi connectivity index (χ3v) is 4.46. The van der Waals surface area contributed by atoms with Gasteiger partial charge in [-0.25, -0.2) is 0 Å². The van der Waals surface area contributed by atoms with Gasteiger partial charge in [0, 0.05) is 18.8 Å². The summed E-state index contributed by atoms with van der Waals surface area (Å²) in [4.78, 5) is 12.7. The van der Waals surface area contributed by atoms with Crippen molar-refractivity contribution in [3.05, 3.63) is 53.9 Å². The minimum Gasteiger partial charge on any atom is -0.486 e. The van der Waals surface area contributed by atoms with Crippen LogP contribution in [0.3, 0.4) is 0 Å². The number of carbonyl (C=O) groups excluding carboxylic acids is 1. The van der Waals surface area contributed by atoms with Crippen LogP contribution in [0.25, 0.3) is 0 Å². The van der Waals surface area contributed by atoms with E-state index < -0.39 is 0 Å². The van der Waals surface area contributed by atoms with Crippen LogP contribution in [0.5, 0.6) is 5.75 Å². The van der Waals surface area contributed by atoms with E-state index in [-0.39, 0.29) is 24.1 Å². The van der Waals surface area contributed by atoms with E-state index in [1.165, 1.54) is 0 Å². The Bertz CT molecular complexity index is 789. The summed E-state index contributed by atoms with van der Waals surface area (Å²) in [6.45, 7) is 5.09. The lowest BCUT2D eigenvalue weighted by Gasteiger charge is -2.32. The van der Waals surface area contributed by atoms with Gasteiger partial charge in [-0.15, -0.1) is 0 Å². The number of amides is 1. The molecule has 0 saturated carbocycles. The molecule has 1 aliphatic rings. The predicted molar refractivity (Wildman–Crippen MR) is 97.1 cm³/mol. The minimum absolute atomic E-state index is 0.107. The summed E-state index contributed by atoms with van der Waals surface area (Å²) in [6, 6.07) is 12.8. The summed E-state index contributed by atoms with van der Waals surface area (Å²) in [6.07, 6.45) is 2.33. The highest BCUT2D eigenvalue weighted by Crippen LogP contribution is 2.19. The molecule has 2 aromatic rings. The standard InChI is InChI=1S/C20H23N3O3/c1-14(2)23-10-3-4-18(23)20(24)22-17-9-11-25-13-19(17)26-16-7-5-15(12-21)6-8-16/h3-8,10,14,17,19H,9,11,13H2,1-2H3,(H,22,24)/t17-,19-/m1/s1. The van der Waals surface area contributed by atoms with Crippen LogP contribution >= 0.6 is 0 Å². The Morgan fingerprint density at radius 1 is 1.35 bits per heavy atom. The number of aromatic nitrogens is 1. The SMILES string of the molecule is CC(C)n1cccc1C(=O)N[C@@H]1CCOC[C@H]1Oc1ccc(C#N)cc1. The van der Waals surface area contributed by atoms with Crippen LogP contribution in [-0.2, 0) is 4.74 Å². The second-order valence-electron chi connectivity index (χ2n) is 6.63. The quantitative estimate of drug-likeness (QED) is 0.897. The fraction of sp³-hybridized carbons (Fsp3) is 0.400. The Hall–Kier alpha value is -2.78. The molecule has 1 aromatic carbocycles. The summed E-state index contributed by atoms with van der Waals surface area (Å²) in [5.74, 6) is 0.549. The van der Waals surface area contributed by atoms with Gasteiger partial charge in [0.1, 0.15) is 17.5 Å². The molecule has 1 N–H and O–H groups in total. The molecular weight excluding hydrogens is 330 g/mol. The van der Waals surface area contributed by atoms with Gasteiger partial charge in [-0.05, 0) is 56.7 Å². The third-order valence-electron chi connectivity index (χ3n) is 4.46. The Labute approximate surface area is 153 Å². The zero-order valence-corrected chi connectivity index (χ0v) is 15.0. The maximum absolute atomic E-state index is 12.7. The highest BCUT2D eigenvalue weighted by molar-refractivity contribution is 5.93. The van der Waals surface area contributed by atoms with Crippen molar-refractivity contribution in [2.24, 2.45) is 0 Å². The van der Waals surface area contributed by atoms with E-state index in [1.807, 2.05) is 36.7 Å². The number of nitrogens with zero attached hydrogens (tertiary/aromatic N) is 2. The summed E-state index contributed by atoms with van der Waals surface area (Å²) in [5, 5.41) is 12.0. The minimum atomic E-state index is -0.275. The van der Waals surface area contributed by atoms with Gasteiger partial charge in [0.05, 0.1) is 24.3 Å². The highest BCUT2D eigenvalue weighted by Gasteiger charge is 2.30. The van der Waals surface area contributed by atoms with E-state index >= 15 is 0 Å². The molecule has 1 saturated heterocycles. The van der Waals surface area contributed by atoms with Crippen molar-refractivity contribution in [2.45, 2.75) is 38.5 Å². The van der Waals surface area contributed by atoms with Crippen molar-refractivity contribution in [3.63, 3.8) is 0 Å². The first-order valence-corrected chi connectivity index (χ1v) is 8.80. The van der Waals surface area contributed by atoms with Crippen LogP contribution in [0, 0.1) is 11.3 Å². The lowest BCUT2D eigenvalue weighted by molar-refractivity contribution is -0.0136. The van der Waals surface area contributed by atoms with Crippen LogP contribution in [0.15, 0.2) is 42.6 Å². The normalized spacial score (nSPS) is 19.8. The Kier molecular flexibility index (Phi) is 5.59. The van der Waals surface area contributed by atoms with E-state index in [1.54, 1.807) is 24.3 Å². The summed E-state index contributed by atoms with van der Waals surface area (Å²) in [7, 11) is 0. The molecule has 2 atom stereocenters. The van der Waals surface area contributed by atoms with Gasteiger partial charge < -0.3 is 19.4 Å². The molecule has 0 bridgehead atoms. The van der Waals surface area contributed by atoms with Crippen LogP contribution in [0.1, 0.15) is 42.4 Å². The Balaban J connectivity index is 1.69. The van der Waals surface area contributed by atoms with Crippen molar-refractivity contribution >= 4 is 5.91 Å². The molecule has 136 valence electrons. The third kappa shape index (κ3) is 4.06. The lowest BCUT2D eigenvalue weighted by atomic mass is 10.1. The highest BCUT2D eigenvalue weighted by atomic mass is 16.5. The Morgan fingerprint density at radius 3 is 2.81 bits per heavy atom. The maximum Gasteiger partial charge on any atom is 0.268 e. The summed E-state index contributed by atoms with van der Waals surface area (Å²) in [5.41, 5.74) is 1.22. The fourth-order valence-electron chi connectivity index (χ4n) is 3.05. The molecule has 0 aliphatic carbocycles. The second kappa shape index (κ2) is 8.07. The molecule has 2 heterocycles. The first-order valence-electron chi connectivity index (χ1n) is 8.80. The predicted octanol–water partition coefficient (Wildman–Crippen LogP) is 2.91. The van der Waals surface area contributed by atoms with E-state index in [9.17, 15) is 4.79 Å². The van der Waals surface area contributed by atoms with Crippen molar-refractivity contribution < 1.29 is 14.3 Å². The van der Waals surface area contributed by atoms with Crippen molar-refractivity contribution in [1.29, 1.82) is 5.26 Å². The average molecular weight is 353 g/mol. The van der Waals surface area contributed by atoms with Crippen molar-refractivity contribution in [1.82, 2.24) is 9.88 Å². The van der Waals surface area contributed by atoms with Gasteiger partial charge in [-0.1, -0.05) is 0 Å². The fourth-order valence-corrected chi connectivity index (χ4v) is 3.05. The van der Waals surface area contributed by atoms with Crippen molar-refractivity contribution in [2.75, 3.05) is 13.2 Å². The monoisotopic (exact) mass is 353 g/mol. The number of carbonyl (C=O) groups is 1. The van der Waals surface area contributed by atoms with Crippen LogP contribution in [-0.4, -0.2) is 35.8 Å². The molecule has 0 radical (unpaired) electrons. The molecule has 1 aromatic heterocycles. The van der Waals surface area contributed by atoms with Gasteiger partial charge in [-0.3, -0.25) is 4.79 Å². The molecule has 6 heteroatoms. The van der Waals surface area contributed by atoms with Gasteiger partial charge in [-0.2, -0.15) is 5.26 Å². The van der Waals surface area contributed by atoms with Gasteiger partial charge >= 0.3 is 0 Å². The van der Waals surface area contributed by atoms with Crippen molar-refractivity contribution in [3.8, 4) is 11.8 Å². The van der Waals surface area contributed by atoms with Gasteiger partial charge in [0.15, 0.2) is 0 Å². The number of hydrogen-bond acceptors (Lipinski definition) is 4. The zero-order valence-electron chi connectivity index (χ0n) is 15.0. The van der Waals surface area contributed by atoms with Gasteiger partial charge in [0.2, 0.25) is 0 Å². The summed E-state index contributed by atoms with van der Waals surface area (Å²) < 4.78 is 13.5. The van der Waals surface area contributed by atoms with E-state index in [4.69, 9.17) is 14.7 Å². The topological polar surface area (TPSA) is 76.3 Å². The van der Waals surface area contributed by atoms with Gasteiger partial charge in [0.25, 0.3) is 5.91 Å². The van der Waals surface area contributed by atoms with Crippen LogP contribution < -0.4 is 10.1 Å². The van der Waals surface area contributed by atoms with E-state index in [2.05, 4.69) is 11.4 Å². The lowest BCUT2D eigenvalue weighted by Crippen LogP contribution is -2.51. The molecule has 1 fully saturated rings. The molecular formula is C20H23N3O3. The molecule has 3 rings (SSSR count). The molecule has 1 amide bonds. The molecule has 26 heavy (non-hydrogen) atoms. The van der Waals surface area contributed by atoms with Crippen LogP contribution in [0.4, 0.5) is 0 Å². The smallest absolute Gasteiger partial charge is 0.268 e. The molecule has 0 unspecified atom stereocenters. The largest absolute Gasteiger partial charge is 0.486 e. The van der Waals surface area contributed by atoms with E-state index in [0.717, 1.165) is 0 Å². The number of nitrogens with one attached hydrogen (secondary N) is 1. The first kappa shape index (κ1) is 18.0. The zero-order chi connectivity index (χ0) is 18.5. The second-order valence-corrected chi connectivity index (χ2v) is 6.63. The van der Waals surface area contributed by atoms with E-state index in [0.29, 0.717) is 36.6 Å². The molecule has 1 aliphatic heterocycles. The van der Waals surface area contributed by atoms with Crippen LogP contribution in [0.2, 0.25) is 0 Å². The summed E-state index contributed by atoms with van der Waals surface area (Å²) >= 11 is 0. The maximum atomic E-state index is 12.7. The first-order chi connectivity index (χ1) is 12.6. The number of ether oxygens (including phenoxy) is 2. The number of benzene rings is 1. The molecule has 6 nitrogen and oxygen atoms in total.